The van der Waals surface area contributed by atoms with Gasteiger partial charge in [0, 0.05) is 6.42 Å². The number of hydrogen-bond acceptors (Lipinski definition) is 1. The number of alkyl halides is 2. The Kier molecular flexibility index (Phi) is 3.93. The fourth-order valence-corrected chi connectivity index (χ4v) is 0.918. The molecule has 1 atom stereocenters. The van der Waals surface area contributed by atoms with Gasteiger partial charge < -0.3 is 5.73 Å². The molecule has 0 spiro atoms. The highest BCUT2D eigenvalue weighted by atomic mass is 19.3. The molecule has 0 aliphatic heterocycles. The third-order valence-electron chi connectivity index (χ3n) is 2.37. The number of nitrogens with two attached hydrogens (primary N) is 1. The molecule has 11 heavy (non-hydrogen) atoms. The van der Waals surface area contributed by atoms with Gasteiger partial charge in [-0.1, -0.05) is 20.8 Å². The summed E-state index contributed by atoms with van der Waals surface area (Å²) in [5.74, 6) is 0.150. The van der Waals surface area contributed by atoms with Gasteiger partial charge >= 0.3 is 0 Å². The Labute approximate surface area is 67.0 Å². The summed E-state index contributed by atoms with van der Waals surface area (Å²) in [7, 11) is 0. The topological polar surface area (TPSA) is 26.0 Å². The maximum atomic E-state index is 12.0. The average molecular weight is 165 g/mol. The molecule has 0 aromatic carbocycles. The minimum atomic E-state index is -2.22. The van der Waals surface area contributed by atoms with E-state index in [1.54, 1.807) is 0 Å². The van der Waals surface area contributed by atoms with Crippen LogP contribution in [-0.4, -0.2) is 13.0 Å². The lowest BCUT2D eigenvalue weighted by molar-refractivity contribution is 0.0633. The van der Waals surface area contributed by atoms with E-state index in [4.69, 9.17) is 5.73 Å². The Bertz CT molecular complexity index is 113. The fourth-order valence-electron chi connectivity index (χ4n) is 0.918. The third-order valence-corrected chi connectivity index (χ3v) is 2.37. The van der Waals surface area contributed by atoms with Crippen LogP contribution in [-0.2, 0) is 0 Å². The van der Waals surface area contributed by atoms with Crippen molar-refractivity contribution in [2.45, 2.75) is 33.6 Å². The largest absolute Gasteiger partial charge is 0.330 e. The lowest BCUT2D eigenvalue weighted by atomic mass is 9.77. The number of halogens is 2. The first-order valence-electron chi connectivity index (χ1n) is 3.88. The molecule has 0 saturated carbocycles. The molecule has 0 heterocycles. The van der Waals surface area contributed by atoms with E-state index in [2.05, 4.69) is 0 Å². The molecule has 0 radical (unpaired) electrons. The summed E-state index contributed by atoms with van der Waals surface area (Å²) < 4.78 is 24.0. The van der Waals surface area contributed by atoms with Crippen LogP contribution in [0.1, 0.15) is 27.2 Å². The van der Waals surface area contributed by atoms with Gasteiger partial charge in [-0.05, 0) is 17.9 Å². The van der Waals surface area contributed by atoms with Gasteiger partial charge in [0.25, 0.3) is 0 Å². The lowest BCUT2D eigenvalue weighted by Crippen LogP contribution is -2.30. The molecule has 68 valence electrons. The highest BCUT2D eigenvalue weighted by Gasteiger charge is 2.28. The standard InChI is InChI=1S/C8H17F2N/c1-6(5-11)8(2,3)4-7(9)10/h6-7H,4-5,11H2,1-3H3/t6-/m1/s1. The van der Waals surface area contributed by atoms with Crippen LogP contribution in [0.4, 0.5) is 8.78 Å². The molecule has 1 nitrogen and oxygen atoms in total. The second-order valence-corrected chi connectivity index (χ2v) is 3.72. The number of hydrogen-bond donors (Lipinski definition) is 1. The fraction of sp³-hybridized carbons (Fsp3) is 1.00. The van der Waals surface area contributed by atoms with Gasteiger partial charge in [0.05, 0.1) is 0 Å². The molecule has 0 aromatic rings. The molecule has 0 bridgehead atoms. The molecule has 0 amide bonds. The Morgan fingerprint density at radius 2 is 1.82 bits per heavy atom. The zero-order valence-electron chi connectivity index (χ0n) is 7.40. The van der Waals surface area contributed by atoms with Gasteiger partial charge in [0.1, 0.15) is 0 Å². The summed E-state index contributed by atoms with van der Waals surface area (Å²) in [6.07, 6.45) is -2.29. The molecule has 0 unspecified atom stereocenters. The smallest absolute Gasteiger partial charge is 0.239 e. The van der Waals surface area contributed by atoms with Crippen molar-refractivity contribution in [3.63, 3.8) is 0 Å². The van der Waals surface area contributed by atoms with Crippen LogP contribution in [0.15, 0.2) is 0 Å². The minimum absolute atomic E-state index is 0.0641. The van der Waals surface area contributed by atoms with E-state index in [9.17, 15) is 8.78 Å². The Morgan fingerprint density at radius 1 is 1.36 bits per heavy atom. The predicted molar refractivity (Wildman–Crippen MR) is 42.6 cm³/mol. The minimum Gasteiger partial charge on any atom is -0.330 e. The lowest BCUT2D eigenvalue weighted by Gasteiger charge is -2.30. The van der Waals surface area contributed by atoms with Gasteiger partial charge in [-0.2, -0.15) is 0 Å². The molecule has 0 aromatic heterocycles. The maximum absolute atomic E-state index is 12.0. The Hall–Kier alpha value is -0.180. The normalized spacial score (nSPS) is 15.5. The zero-order chi connectivity index (χ0) is 9.07. The summed E-state index contributed by atoms with van der Waals surface area (Å²) in [6, 6.07) is 0. The van der Waals surface area contributed by atoms with Gasteiger partial charge in [-0.3, -0.25) is 0 Å². The summed E-state index contributed by atoms with van der Waals surface area (Å²) >= 11 is 0. The van der Waals surface area contributed by atoms with Crippen LogP contribution in [0.2, 0.25) is 0 Å². The van der Waals surface area contributed by atoms with Crippen molar-refractivity contribution in [2.75, 3.05) is 6.54 Å². The summed E-state index contributed by atoms with van der Waals surface area (Å²) in [5.41, 5.74) is 5.04. The van der Waals surface area contributed by atoms with E-state index in [1.165, 1.54) is 0 Å². The first kappa shape index (κ1) is 10.8. The molecule has 0 aliphatic carbocycles. The van der Waals surface area contributed by atoms with Crippen molar-refractivity contribution in [2.24, 2.45) is 17.1 Å². The van der Waals surface area contributed by atoms with E-state index in [1.807, 2.05) is 20.8 Å². The van der Waals surface area contributed by atoms with Crippen LogP contribution >= 0.6 is 0 Å². The zero-order valence-corrected chi connectivity index (χ0v) is 7.40. The van der Waals surface area contributed by atoms with Crippen LogP contribution in [0.3, 0.4) is 0 Å². The van der Waals surface area contributed by atoms with Gasteiger partial charge in [0.15, 0.2) is 0 Å². The van der Waals surface area contributed by atoms with Crippen molar-refractivity contribution in [3.05, 3.63) is 0 Å². The van der Waals surface area contributed by atoms with Gasteiger partial charge in [-0.15, -0.1) is 0 Å². The number of rotatable bonds is 4. The van der Waals surface area contributed by atoms with Gasteiger partial charge in [0.2, 0.25) is 6.43 Å². The summed E-state index contributed by atoms with van der Waals surface area (Å²) in [6.45, 7) is 6.04. The van der Waals surface area contributed by atoms with Crippen molar-refractivity contribution < 1.29 is 8.78 Å². The second-order valence-electron chi connectivity index (χ2n) is 3.72. The van der Waals surface area contributed by atoms with Crippen molar-refractivity contribution in [1.82, 2.24) is 0 Å². The molecule has 0 saturated heterocycles. The molecule has 3 heteroatoms. The van der Waals surface area contributed by atoms with Crippen molar-refractivity contribution in [3.8, 4) is 0 Å². The monoisotopic (exact) mass is 165 g/mol. The van der Waals surface area contributed by atoms with Crippen LogP contribution in [0.5, 0.6) is 0 Å². The Morgan fingerprint density at radius 3 is 2.09 bits per heavy atom. The summed E-state index contributed by atoms with van der Waals surface area (Å²) in [4.78, 5) is 0. The Balaban J connectivity index is 3.98. The van der Waals surface area contributed by atoms with Crippen LogP contribution in [0, 0.1) is 11.3 Å². The van der Waals surface area contributed by atoms with Gasteiger partial charge in [-0.25, -0.2) is 8.78 Å². The quantitative estimate of drug-likeness (QED) is 0.679. The van der Waals surface area contributed by atoms with E-state index >= 15 is 0 Å². The van der Waals surface area contributed by atoms with Crippen molar-refractivity contribution in [1.29, 1.82) is 0 Å². The predicted octanol–water partition coefficient (Wildman–Crippen LogP) is 2.26. The van der Waals surface area contributed by atoms with Crippen molar-refractivity contribution >= 4 is 0 Å². The van der Waals surface area contributed by atoms with Crippen LogP contribution < -0.4 is 5.73 Å². The second kappa shape index (κ2) is 4.00. The average Bonchev–Trinajstić information content (AvgIpc) is 1.83. The van der Waals surface area contributed by atoms with E-state index in [-0.39, 0.29) is 17.8 Å². The van der Waals surface area contributed by atoms with E-state index in [0.29, 0.717) is 6.54 Å². The molecule has 2 N–H and O–H groups in total. The van der Waals surface area contributed by atoms with E-state index in [0.717, 1.165) is 0 Å². The highest BCUT2D eigenvalue weighted by Crippen LogP contribution is 2.32. The van der Waals surface area contributed by atoms with E-state index < -0.39 is 6.43 Å². The summed E-state index contributed by atoms with van der Waals surface area (Å²) in [5, 5.41) is 0. The SMILES string of the molecule is C[C@H](CN)C(C)(C)CC(F)F. The molecule has 0 aliphatic rings. The first-order valence-corrected chi connectivity index (χ1v) is 3.88. The maximum Gasteiger partial charge on any atom is 0.239 e. The highest BCUT2D eigenvalue weighted by molar-refractivity contribution is 4.76. The molecular weight excluding hydrogens is 148 g/mol. The molecular formula is C8H17F2N. The first-order chi connectivity index (χ1) is 4.90. The molecule has 0 fully saturated rings. The molecule has 0 rings (SSSR count). The third kappa shape index (κ3) is 3.65. The van der Waals surface area contributed by atoms with Crippen LogP contribution in [0.25, 0.3) is 0 Å².